The smallest absolute Gasteiger partial charge is 0.229 e. The molecule has 0 aliphatic heterocycles. The normalized spacial score (nSPS) is 19.0. The summed E-state index contributed by atoms with van der Waals surface area (Å²) in [5, 5.41) is 16.8. The zero-order valence-corrected chi connectivity index (χ0v) is 19.9. The lowest BCUT2D eigenvalue weighted by Crippen LogP contribution is -2.15. The number of carbonyl (C=O) groups is 1. The molecule has 2 atom stereocenters. The molecule has 7 nitrogen and oxygen atoms in total. The summed E-state index contributed by atoms with van der Waals surface area (Å²) in [6, 6.07) is 13.5. The number of aliphatic hydroxyl groups is 1. The molecule has 0 radical (unpaired) electrons. The molecule has 8 heteroatoms. The molecule has 6 rings (SSSR count). The minimum Gasteiger partial charge on any atom is -0.392 e. The van der Waals surface area contributed by atoms with Gasteiger partial charge in [0.1, 0.15) is 11.5 Å². The van der Waals surface area contributed by atoms with Crippen LogP contribution in [0.1, 0.15) is 53.5 Å². The van der Waals surface area contributed by atoms with Crippen molar-refractivity contribution in [2.24, 2.45) is 5.92 Å². The number of aliphatic hydroxyl groups excluding tert-OH is 1. The van der Waals surface area contributed by atoms with Crippen LogP contribution in [0, 0.1) is 5.92 Å². The molecule has 178 valence electrons. The van der Waals surface area contributed by atoms with Crippen LogP contribution in [0.25, 0.3) is 5.65 Å². The SMILES string of the molecule is O=C(Nc1cc(NCc2cn3cc(C4CC4)cc(CO)c3n2)ccn1)[C@@H]1C[C@H]1c1cccc(Cl)c1. The molecule has 4 aromatic rings. The number of nitrogens with zero attached hydrogens (tertiary/aromatic N) is 3. The Balaban J connectivity index is 1.10. The summed E-state index contributed by atoms with van der Waals surface area (Å²) in [6.45, 7) is 0.489. The summed E-state index contributed by atoms with van der Waals surface area (Å²) >= 11 is 6.09. The van der Waals surface area contributed by atoms with E-state index in [1.165, 1.54) is 18.4 Å². The van der Waals surface area contributed by atoms with Gasteiger partial charge < -0.3 is 20.1 Å². The summed E-state index contributed by atoms with van der Waals surface area (Å²) < 4.78 is 2.01. The van der Waals surface area contributed by atoms with Crippen molar-refractivity contribution in [2.75, 3.05) is 10.6 Å². The average Bonchev–Trinajstić information content (AvgIpc) is 3.78. The van der Waals surface area contributed by atoms with Crippen LogP contribution in [0.2, 0.25) is 5.02 Å². The van der Waals surface area contributed by atoms with E-state index in [4.69, 9.17) is 16.6 Å². The van der Waals surface area contributed by atoms with E-state index >= 15 is 0 Å². The summed E-state index contributed by atoms with van der Waals surface area (Å²) in [6.07, 6.45) is 9.04. The van der Waals surface area contributed by atoms with Gasteiger partial charge in [-0.1, -0.05) is 23.7 Å². The third kappa shape index (κ3) is 4.74. The maximum Gasteiger partial charge on any atom is 0.229 e. The van der Waals surface area contributed by atoms with Crippen molar-refractivity contribution in [1.29, 1.82) is 0 Å². The number of imidazole rings is 1. The number of hydrogen-bond acceptors (Lipinski definition) is 5. The number of fused-ring (bicyclic) bond motifs is 1. The van der Waals surface area contributed by atoms with Crippen molar-refractivity contribution in [1.82, 2.24) is 14.4 Å². The predicted molar refractivity (Wildman–Crippen MR) is 136 cm³/mol. The maximum atomic E-state index is 12.7. The molecule has 1 aromatic carbocycles. The van der Waals surface area contributed by atoms with Crippen molar-refractivity contribution in [2.45, 2.75) is 44.2 Å². The highest BCUT2D eigenvalue weighted by molar-refractivity contribution is 6.30. The number of halogens is 1. The minimum atomic E-state index is -0.0638. The van der Waals surface area contributed by atoms with Gasteiger partial charge in [-0.25, -0.2) is 9.97 Å². The van der Waals surface area contributed by atoms with Crippen molar-refractivity contribution in [3.05, 3.63) is 88.5 Å². The van der Waals surface area contributed by atoms with Gasteiger partial charge in [-0.3, -0.25) is 4.79 Å². The minimum absolute atomic E-state index is 0.0250. The molecule has 2 aliphatic carbocycles. The number of amides is 1. The highest BCUT2D eigenvalue weighted by Crippen LogP contribution is 2.48. The predicted octanol–water partition coefficient (Wildman–Crippen LogP) is 5.11. The van der Waals surface area contributed by atoms with Crippen LogP contribution in [0.4, 0.5) is 11.5 Å². The zero-order valence-electron chi connectivity index (χ0n) is 19.1. The first-order valence-electron chi connectivity index (χ1n) is 11.9. The summed E-state index contributed by atoms with van der Waals surface area (Å²) in [5.41, 5.74) is 5.72. The topological polar surface area (TPSA) is 91.6 Å². The molecule has 3 aromatic heterocycles. The standard InChI is InChI=1S/C27H26ClN5O2/c28-20-3-1-2-17(9-20)23-11-24(23)27(35)32-25-10-21(6-7-29-25)30-12-22-14-33-13-18(16-4-5-16)8-19(15-34)26(33)31-22/h1-3,6-10,13-14,16,23-24,34H,4-5,11-12,15H2,(H2,29,30,32,35)/t23-,24+/m0/s1. The third-order valence-corrected chi connectivity index (χ3v) is 7.04. The molecule has 0 saturated heterocycles. The third-order valence-electron chi connectivity index (χ3n) is 6.81. The highest BCUT2D eigenvalue weighted by atomic mass is 35.5. The van der Waals surface area contributed by atoms with Gasteiger partial charge in [-0.2, -0.15) is 0 Å². The number of hydrogen-bond donors (Lipinski definition) is 3. The van der Waals surface area contributed by atoms with Gasteiger partial charge in [0.25, 0.3) is 0 Å². The van der Waals surface area contributed by atoms with E-state index in [0.717, 1.165) is 34.6 Å². The number of rotatable bonds is 8. The average molecular weight is 488 g/mol. The summed E-state index contributed by atoms with van der Waals surface area (Å²) in [5.74, 6) is 1.24. The second-order valence-electron chi connectivity index (χ2n) is 9.47. The van der Waals surface area contributed by atoms with Gasteiger partial charge in [0.2, 0.25) is 5.91 Å². The second kappa shape index (κ2) is 8.98. The fraction of sp³-hybridized carbons (Fsp3) is 0.296. The second-order valence-corrected chi connectivity index (χ2v) is 9.91. The van der Waals surface area contributed by atoms with Crippen LogP contribution in [-0.4, -0.2) is 25.4 Å². The zero-order chi connectivity index (χ0) is 23.9. The Hall–Kier alpha value is -3.42. The lowest BCUT2D eigenvalue weighted by atomic mass is 10.1. The molecular formula is C27H26ClN5O2. The van der Waals surface area contributed by atoms with E-state index in [1.54, 1.807) is 6.20 Å². The van der Waals surface area contributed by atoms with Gasteiger partial charge in [-0.05, 0) is 66.5 Å². The first-order valence-corrected chi connectivity index (χ1v) is 12.3. The van der Waals surface area contributed by atoms with E-state index in [2.05, 4.69) is 27.9 Å². The lowest BCUT2D eigenvalue weighted by molar-refractivity contribution is -0.117. The summed E-state index contributed by atoms with van der Waals surface area (Å²) in [7, 11) is 0. The largest absolute Gasteiger partial charge is 0.392 e. The number of nitrogens with one attached hydrogen (secondary N) is 2. The quantitative estimate of drug-likeness (QED) is 0.321. The van der Waals surface area contributed by atoms with Gasteiger partial charge in [-0.15, -0.1) is 0 Å². The monoisotopic (exact) mass is 487 g/mol. The van der Waals surface area contributed by atoms with E-state index < -0.39 is 0 Å². The lowest BCUT2D eigenvalue weighted by Gasteiger charge is -2.08. The van der Waals surface area contributed by atoms with Crippen LogP contribution >= 0.6 is 11.6 Å². The first-order chi connectivity index (χ1) is 17.1. The van der Waals surface area contributed by atoms with E-state index in [1.807, 2.05) is 47.0 Å². The Morgan fingerprint density at radius 1 is 1.14 bits per heavy atom. The first kappa shape index (κ1) is 22.1. The van der Waals surface area contributed by atoms with Gasteiger partial charge in [0.05, 0.1) is 18.8 Å². The molecule has 0 bridgehead atoms. The van der Waals surface area contributed by atoms with Crippen LogP contribution in [0.15, 0.2) is 61.1 Å². The molecule has 1 amide bonds. The van der Waals surface area contributed by atoms with Crippen LogP contribution < -0.4 is 10.6 Å². The molecule has 35 heavy (non-hydrogen) atoms. The fourth-order valence-electron chi connectivity index (χ4n) is 4.70. The molecule has 3 heterocycles. The van der Waals surface area contributed by atoms with Crippen molar-refractivity contribution in [3.8, 4) is 0 Å². The van der Waals surface area contributed by atoms with Crippen molar-refractivity contribution in [3.63, 3.8) is 0 Å². The van der Waals surface area contributed by atoms with Crippen LogP contribution in [-0.2, 0) is 17.9 Å². The summed E-state index contributed by atoms with van der Waals surface area (Å²) in [4.78, 5) is 21.8. The molecule has 2 fully saturated rings. The van der Waals surface area contributed by atoms with E-state index in [-0.39, 0.29) is 24.3 Å². The Kier molecular flexibility index (Phi) is 5.66. The molecule has 3 N–H and O–H groups in total. The maximum absolute atomic E-state index is 12.7. The number of aromatic nitrogens is 3. The molecular weight excluding hydrogens is 462 g/mol. The Morgan fingerprint density at radius 2 is 2.03 bits per heavy atom. The molecule has 0 spiro atoms. The number of carbonyl (C=O) groups excluding carboxylic acids is 1. The van der Waals surface area contributed by atoms with E-state index in [0.29, 0.717) is 23.3 Å². The van der Waals surface area contributed by atoms with Gasteiger partial charge >= 0.3 is 0 Å². The fourth-order valence-corrected chi connectivity index (χ4v) is 4.89. The van der Waals surface area contributed by atoms with Crippen LogP contribution in [0.3, 0.4) is 0 Å². The van der Waals surface area contributed by atoms with Crippen LogP contribution in [0.5, 0.6) is 0 Å². The van der Waals surface area contributed by atoms with Crippen molar-refractivity contribution < 1.29 is 9.90 Å². The number of benzene rings is 1. The Bertz CT molecular complexity index is 1410. The van der Waals surface area contributed by atoms with Gasteiger partial charge in [0, 0.05) is 46.8 Å². The molecule has 0 unspecified atom stereocenters. The molecule has 2 aliphatic rings. The highest BCUT2D eigenvalue weighted by Gasteiger charge is 2.44. The Labute approximate surface area is 208 Å². The molecule has 2 saturated carbocycles. The number of pyridine rings is 2. The van der Waals surface area contributed by atoms with E-state index in [9.17, 15) is 9.90 Å². The van der Waals surface area contributed by atoms with Gasteiger partial charge in [0.15, 0.2) is 0 Å². The Morgan fingerprint density at radius 3 is 2.83 bits per heavy atom. The van der Waals surface area contributed by atoms with Crippen molar-refractivity contribution >= 4 is 34.7 Å². The number of anilines is 2.